The maximum Gasteiger partial charge on any atom is 0.452 e. The highest BCUT2D eigenvalue weighted by atomic mass is 19.4. The van der Waals surface area contributed by atoms with Crippen molar-refractivity contribution in [3.8, 4) is 17.1 Å². The molecule has 150 valence electrons. The Bertz CT molecular complexity index is 1030. The van der Waals surface area contributed by atoms with Gasteiger partial charge in [-0.2, -0.15) is 26.3 Å². The summed E-state index contributed by atoms with van der Waals surface area (Å²) >= 11 is 0. The second kappa shape index (κ2) is 6.56. The predicted molar refractivity (Wildman–Crippen MR) is 79.9 cm³/mol. The predicted octanol–water partition coefficient (Wildman–Crippen LogP) is 3.98. The minimum absolute atomic E-state index is 0.0617. The van der Waals surface area contributed by atoms with Gasteiger partial charge in [0.1, 0.15) is 0 Å². The van der Waals surface area contributed by atoms with Gasteiger partial charge >= 0.3 is 12.4 Å². The molecule has 0 spiro atoms. The lowest BCUT2D eigenvalue weighted by Crippen LogP contribution is -2.31. The Morgan fingerprint density at radius 3 is 2.29 bits per heavy atom. The zero-order chi connectivity index (χ0) is 20.9. The van der Waals surface area contributed by atoms with E-state index in [1.807, 2.05) is 0 Å². The topological polar surface area (TPSA) is 65.2 Å². The van der Waals surface area contributed by atoms with Crippen LogP contribution in [0.15, 0.2) is 18.5 Å². The zero-order valence-corrected chi connectivity index (χ0v) is 14.1. The van der Waals surface area contributed by atoms with Crippen LogP contribution < -0.4 is 4.74 Å². The lowest BCUT2D eigenvalue weighted by molar-refractivity contribution is -0.190. The van der Waals surface area contributed by atoms with Crippen molar-refractivity contribution in [2.24, 2.45) is 0 Å². The number of aromatic nitrogens is 5. The van der Waals surface area contributed by atoms with Gasteiger partial charge in [-0.05, 0) is 19.9 Å². The standard InChI is InChI=1S/C15H10F7N5O/c1-6-11(23-5-10-25-26-13(27(6)10)15(20,21)22)8-3-9(16)12(24-4-8)28-7(2)14(17,18)19/h3-5,7H,1-2H3/t7-/m0/s1. The summed E-state index contributed by atoms with van der Waals surface area (Å²) in [4.78, 5) is 7.41. The third-order valence-corrected chi connectivity index (χ3v) is 3.76. The Hall–Kier alpha value is -2.99. The highest BCUT2D eigenvalue weighted by molar-refractivity contribution is 5.63. The summed E-state index contributed by atoms with van der Waals surface area (Å²) in [6.07, 6.45) is -9.88. The molecule has 13 heteroatoms. The molecule has 0 aliphatic carbocycles. The van der Waals surface area contributed by atoms with E-state index in [1.54, 1.807) is 0 Å². The number of pyridine rings is 1. The highest BCUT2D eigenvalue weighted by Crippen LogP contribution is 2.32. The summed E-state index contributed by atoms with van der Waals surface area (Å²) in [7, 11) is 0. The van der Waals surface area contributed by atoms with Crippen molar-refractivity contribution in [3.63, 3.8) is 0 Å². The van der Waals surface area contributed by atoms with Crippen LogP contribution in [0.3, 0.4) is 0 Å². The van der Waals surface area contributed by atoms with Gasteiger partial charge in [0.05, 0.1) is 11.9 Å². The molecule has 3 rings (SSSR count). The summed E-state index contributed by atoms with van der Waals surface area (Å²) in [6.45, 7) is 1.96. The summed E-state index contributed by atoms with van der Waals surface area (Å²) in [5.74, 6) is -3.42. The molecule has 1 atom stereocenters. The van der Waals surface area contributed by atoms with Gasteiger partial charge in [-0.15, -0.1) is 10.2 Å². The van der Waals surface area contributed by atoms with E-state index in [2.05, 4.69) is 24.9 Å². The zero-order valence-electron chi connectivity index (χ0n) is 14.1. The van der Waals surface area contributed by atoms with Crippen molar-refractivity contribution in [1.29, 1.82) is 0 Å². The molecule has 3 aromatic rings. The molecule has 0 aliphatic rings. The number of fused-ring (bicyclic) bond motifs is 1. The van der Waals surface area contributed by atoms with E-state index >= 15 is 0 Å². The lowest BCUT2D eigenvalue weighted by Gasteiger charge is -2.17. The molecule has 3 heterocycles. The van der Waals surface area contributed by atoms with Gasteiger partial charge in [0.15, 0.2) is 17.6 Å². The van der Waals surface area contributed by atoms with Crippen molar-refractivity contribution in [2.75, 3.05) is 0 Å². The first kappa shape index (κ1) is 19.8. The van der Waals surface area contributed by atoms with Crippen molar-refractivity contribution in [1.82, 2.24) is 24.6 Å². The van der Waals surface area contributed by atoms with E-state index in [0.29, 0.717) is 11.3 Å². The molecular weight excluding hydrogens is 399 g/mol. The van der Waals surface area contributed by atoms with Crippen LogP contribution in [0.5, 0.6) is 5.88 Å². The van der Waals surface area contributed by atoms with E-state index in [0.717, 1.165) is 18.5 Å². The third kappa shape index (κ3) is 3.55. The van der Waals surface area contributed by atoms with Crippen LogP contribution in [0.2, 0.25) is 0 Å². The molecule has 28 heavy (non-hydrogen) atoms. The first-order valence-corrected chi connectivity index (χ1v) is 7.57. The molecule has 0 saturated heterocycles. The number of hydrogen-bond acceptors (Lipinski definition) is 5. The molecule has 0 aliphatic heterocycles. The van der Waals surface area contributed by atoms with Crippen molar-refractivity contribution < 1.29 is 35.5 Å². The van der Waals surface area contributed by atoms with E-state index in [9.17, 15) is 30.7 Å². The fourth-order valence-electron chi connectivity index (χ4n) is 2.38. The molecule has 0 N–H and O–H groups in total. The maximum absolute atomic E-state index is 14.1. The Balaban J connectivity index is 2.04. The fourth-order valence-corrected chi connectivity index (χ4v) is 2.38. The van der Waals surface area contributed by atoms with Gasteiger partial charge in [0.2, 0.25) is 5.82 Å². The fraction of sp³-hybridized carbons (Fsp3) is 0.333. The molecule has 0 saturated carbocycles. The Labute approximate surface area is 152 Å². The molecule has 0 bridgehead atoms. The van der Waals surface area contributed by atoms with Crippen molar-refractivity contribution in [3.05, 3.63) is 35.8 Å². The second-order valence-corrected chi connectivity index (χ2v) is 5.72. The summed E-state index contributed by atoms with van der Waals surface area (Å²) < 4.78 is 96.1. The highest BCUT2D eigenvalue weighted by Gasteiger charge is 2.39. The van der Waals surface area contributed by atoms with Crippen LogP contribution in [-0.2, 0) is 6.18 Å². The normalized spacial score (nSPS) is 13.8. The Morgan fingerprint density at radius 2 is 1.71 bits per heavy atom. The van der Waals surface area contributed by atoms with Crippen molar-refractivity contribution in [2.45, 2.75) is 32.3 Å². The van der Waals surface area contributed by atoms with E-state index in [-0.39, 0.29) is 22.6 Å². The van der Waals surface area contributed by atoms with E-state index in [1.165, 1.54) is 6.92 Å². The van der Waals surface area contributed by atoms with Crippen LogP contribution in [0, 0.1) is 12.7 Å². The van der Waals surface area contributed by atoms with E-state index in [4.69, 9.17) is 0 Å². The minimum Gasteiger partial charge on any atom is -0.463 e. The van der Waals surface area contributed by atoms with Gasteiger partial charge in [-0.1, -0.05) is 0 Å². The smallest absolute Gasteiger partial charge is 0.452 e. The molecule has 0 unspecified atom stereocenters. The molecule has 6 nitrogen and oxygen atoms in total. The lowest BCUT2D eigenvalue weighted by atomic mass is 10.1. The van der Waals surface area contributed by atoms with Crippen LogP contribution in [0.25, 0.3) is 16.9 Å². The SMILES string of the molecule is Cc1c(-c2cnc(O[C@@H](C)C(F)(F)F)c(F)c2)ncc2nnc(C(F)(F)F)n12. The van der Waals surface area contributed by atoms with Gasteiger partial charge < -0.3 is 4.74 Å². The summed E-state index contributed by atoms with van der Waals surface area (Å²) in [6, 6.07) is 0.768. The van der Waals surface area contributed by atoms with Crippen LogP contribution in [0.1, 0.15) is 18.4 Å². The minimum atomic E-state index is -4.79. The molecule has 3 aromatic heterocycles. The van der Waals surface area contributed by atoms with Crippen LogP contribution in [0.4, 0.5) is 30.7 Å². The van der Waals surface area contributed by atoms with E-state index < -0.39 is 36.0 Å². The first-order chi connectivity index (χ1) is 12.9. The average Bonchev–Trinajstić information content (AvgIpc) is 3.01. The maximum atomic E-state index is 14.1. The number of aryl methyl sites for hydroxylation is 1. The van der Waals surface area contributed by atoms with Gasteiger partial charge in [0.25, 0.3) is 5.88 Å². The molecule has 0 amide bonds. The van der Waals surface area contributed by atoms with Gasteiger partial charge in [-0.3, -0.25) is 9.38 Å². The third-order valence-electron chi connectivity index (χ3n) is 3.76. The number of ether oxygens (including phenoxy) is 1. The largest absolute Gasteiger partial charge is 0.463 e. The van der Waals surface area contributed by atoms with Gasteiger partial charge in [0, 0.05) is 17.5 Å². The summed E-state index contributed by atoms with van der Waals surface area (Å²) in [5.41, 5.74) is -0.389. The summed E-state index contributed by atoms with van der Waals surface area (Å²) in [5, 5.41) is 6.46. The van der Waals surface area contributed by atoms with Crippen molar-refractivity contribution >= 4 is 5.65 Å². The molecule has 0 fully saturated rings. The van der Waals surface area contributed by atoms with Gasteiger partial charge in [-0.25, -0.2) is 9.37 Å². The molecule has 0 aromatic carbocycles. The Morgan fingerprint density at radius 1 is 1.04 bits per heavy atom. The quantitative estimate of drug-likeness (QED) is 0.613. The Kier molecular flexibility index (Phi) is 4.63. The number of nitrogens with zero attached hydrogens (tertiary/aromatic N) is 5. The number of halogens is 7. The van der Waals surface area contributed by atoms with Crippen LogP contribution >= 0.6 is 0 Å². The first-order valence-electron chi connectivity index (χ1n) is 7.57. The average molecular weight is 409 g/mol. The van der Waals surface area contributed by atoms with Crippen LogP contribution in [-0.4, -0.2) is 36.8 Å². The molecule has 0 radical (unpaired) electrons. The monoisotopic (exact) mass is 409 g/mol. The second-order valence-electron chi connectivity index (χ2n) is 5.72. The number of alkyl halides is 6. The number of rotatable bonds is 3. The molecular formula is C15H10F7N5O. The number of hydrogen-bond donors (Lipinski definition) is 0.